The Labute approximate surface area is 85.1 Å². The Hall–Kier alpha value is -0.610. The van der Waals surface area contributed by atoms with Gasteiger partial charge in [0.1, 0.15) is 0 Å². The molecule has 0 bridgehead atoms. The first kappa shape index (κ1) is 11.5. The van der Waals surface area contributed by atoms with Crippen LogP contribution in [-0.4, -0.2) is 41.1 Å². The number of β-amino-alcohol motifs (C(OH)–C–C–N with tert-alkyl or cyclic N) is 1. The molecule has 1 saturated heterocycles. The number of carbonyl (C=O) groups is 1. The Morgan fingerprint density at radius 3 is 3.00 bits per heavy atom. The highest BCUT2D eigenvalue weighted by Crippen LogP contribution is 2.11. The standard InChI is InChI=1S/C10H20N2O2/c1-2-4-9(11)10(14)12-6-3-5-8(13)7-12/h8-9,13H,2-7,11H2,1H3/t8-,9?/m0/s1. The van der Waals surface area contributed by atoms with E-state index in [0.29, 0.717) is 6.54 Å². The molecule has 1 fully saturated rings. The molecule has 0 aromatic rings. The average molecular weight is 200 g/mol. The summed E-state index contributed by atoms with van der Waals surface area (Å²) < 4.78 is 0. The number of aliphatic hydroxyl groups excluding tert-OH is 1. The molecule has 1 heterocycles. The Morgan fingerprint density at radius 1 is 1.71 bits per heavy atom. The molecule has 1 rings (SSSR count). The summed E-state index contributed by atoms with van der Waals surface area (Å²) in [5.41, 5.74) is 5.73. The first-order chi connectivity index (χ1) is 6.65. The molecule has 0 radical (unpaired) electrons. The van der Waals surface area contributed by atoms with Crippen LogP contribution in [0.15, 0.2) is 0 Å². The van der Waals surface area contributed by atoms with Crippen molar-refractivity contribution in [3.63, 3.8) is 0 Å². The van der Waals surface area contributed by atoms with Gasteiger partial charge in [-0.25, -0.2) is 0 Å². The molecule has 0 aromatic heterocycles. The van der Waals surface area contributed by atoms with E-state index in [1.807, 2.05) is 6.92 Å². The predicted octanol–water partition coefficient (Wildman–Crippen LogP) is 0.0971. The number of likely N-dealkylation sites (tertiary alicyclic amines) is 1. The Bertz CT molecular complexity index is 197. The molecule has 0 aliphatic carbocycles. The minimum atomic E-state index is -0.384. The van der Waals surface area contributed by atoms with Crippen LogP contribution >= 0.6 is 0 Å². The fraction of sp³-hybridized carbons (Fsp3) is 0.900. The van der Waals surface area contributed by atoms with Crippen LogP contribution in [0, 0.1) is 0 Å². The van der Waals surface area contributed by atoms with Gasteiger partial charge in [0.15, 0.2) is 0 Å². The number of amides is 1. The van der Waals surface area contributed by atoms with Gasteiger partial charge in [-0.05, 0) is 19.3 Å². The Morgan fingerprint density at radius 2 is 2.43 bits per heavy atom. The van der Waals surface area contributed by atoms with Crippen molar-refractivity contribution in [2.75, 3.05) is 13.1 Å². The molecule has 1 aliphatic rings. The summed E-state index contributed by atoms with van der Waals surface area (Å²) in [7, 11) is 0. The summed E-state index contributed by atoms with van der Waals surface area (Å²) in [6.45, 7) is 3.21. The summed E-state index contributed by atoms with van der Waals surface area (Å²) in [5, 5.41) is 9.41. The van der Waals surface area contributed by atoms with Gasteiger partial charge in [-0.3, -0.25) is 4.79 Å². The number of nitrogens with zero attached hydrogens (tertiary/aromatic N) is 1. The van der Waals surface area contributed by atoms with Crippen LogP contribution in [0.3, 0.4) is 0 Å². The lowest BCUT2D eigenvalue weighted by Gasteiger charge is -2.31. The number of rotatable bonds is 3. The average Bonchev–Trinajstić information content (AvgIpc) is 2.17. The van der Waals surface area contributed by atoms with E-state index in [4.69, 9.17) is 5.73 Å². The third kappa shape index (κ3) is 2.96. The molecule has 1 aliphatic heterocycles. The van der Waals surface area contributed by atoms with Crippen LogP contribution in [0.1, 0.15) is 32.6 Å². The summed E-state index contributed by atoms with van der Waals surface area (Å²) in [5.74, 6) is -0.00870. The van der Waals surface area contributed by atoms with E-state index in [9.17, 15) is 9.90 Å². The number of nitrogens with two attached hydrogens (primary N) is 1. The molecular weight excluding hydrogens is 180 g/mol. The van der Waals surface area contributed by atoms with E-state index in [1.165, 1.54) is 0 Å². The van der Waals surface area contributed by atoms with Crippen molar-refractivity contribution < 1.29 is 9.90 Å². The van der Waals surface area contributed by atoms with Gasteiger partial charge >= 0.3 is 0 Å². The van der Waals surface area contributed by atoms with E-state index < -0.39 is 0 Å². The molecule has 0 spiro atoms. The lowest BCUT2D eigenvalue weighted by molar-refractivity contribution is -0.135. The largest absolute Gasteiger partial charge is 0.391 e. The zero-order valence-electron chi connectivity index (χ0n) is 8.78. The van der Waals surface area contributed by atoms with Crippen molar-refractivity contribution in [2.24, 2.45) is 5.73 Å². The molecule has 0 saturated carbocycles. The zero-order valence-corrected chi connectivity index (χ0v) is 8.78. The van der Waals surface area contributed by atoms with Gasteiger partial charge in [-0.15, -0.1) is 0 Å². The molecule has 2 atom stereocenters. The van der Waals surface area contributed by atoms with Gasteiger partial charge in [-0.2, -0.15) is 0 Å². The maximum absolute atomic E-state index is 11.7. The monoisotopic (exact) mass is 200 g/mol. The summed E-state index contributed by atoms with van der Waals surface area (Å²) >= 11 is 0. The molecule has 1 amide bonds. The fourth-order valence-corrected chi connectivity index (χ4v) is 1.82. The normalized spacial score (nSPS) is 24.8. The Balaban J connectivity index is 2.42. The number of piperidine rings is 1. The van der Waals surface area contributed by atoms with E-state index in [2.05, 4.69) is 0 Å². The van der Waals surface area contributed by atoms with Crippen LogP contribution < -0.4 is 5.73 Å². The summed E-state index contributed by atoms with van der Waals surface area (Å²) in [4.78, 5) is 13.4. The SMILES string of the molecule is CCCC(N)C(=O)N1CCC[C@H](O)C1. The van der Waals surface area contributed by atoms with Gasteiger partial charge in [0.05, 0.1) is 12.1 Å². The second-order valence-electron chi connectivity index (χ2n) is 3.98. The molecule has 0 aromatic carbocycles. The van der Waals surface area contributed by atoms with Crippen molar-refractivity contribution in [1.29, 1.82) is 0 Å². The number of hydrogen-bond acceptors (Lipinski definition) is 3. The van der Waals surface area contributed by atoms with Gasteiger partial charge in [-0.1, -0.05) is 13.3 Å². The van der Waals surface area contributed by atoms with Gasteiger partial charge in [0.2, 0.25) is 5.91 Å². The highest BCUT2D eigenvalue weighted by Gasteiger charge is 2.25. The van der Waals surface area contributed by atoms with Crippen molar-refractivity contribution in [3.8, 4) is 0 Å². The zero-order chi connectivity index (χ0) is 10.6. The van der Waals surface area contributed by atoms with Crippen LogP contribution in [-0.2, 0) is 4.79 Å². The number of carbonyl (C=O) groups excluding carboxylic acids is 1. The summed E-state index contributed by atoms with van der Waals surface area (Å²) in [6.07, 6.45) is 2.97. The van der Waals surface area contributed by atoms with Crippen LogP contribution in [0.5, 0.6) is 0 Å². The van der Waals surface area contributed by atoms with Crippen molar-refractivity contribution >= 4 is 5.91 Å². The third-order valence-electron chi connectivity index (χ3n) is 2.63. The second kappa shape index (κ2) is 5.32. The molecule has 3 N–H and O–H groups in total. The summed E-state index contributed by atoms with van der Waals surface area (Å²) in [6, 6.07) is -0.384. The smallest absolute Gasteiger partial charge is 0.239 e. The van der Waals surface area contributed by atoms with E-state index in [0.717, 1.165) is 32.2 Å². The molecule has 1 unspecified atom stereocenters. The topological polar surface area (TPSA) is 66.6 Å². The van der Waals surface area contributed by atoms with Gasteiger partial charge in [0, 0.05) is 13.1 Å². The number of hydrogen-bond donors (Lipinski definition) is 2. The molecule has 4 nitrogen and oxygen atoms in total. The minimum absolute atomic E-state index is 0.00870. The van der Waals surface area contributed by atoms with Crippen molar-refractivity contribution in [1.82, 2.24) is 4.90 Å². The second-order valence-corrected chi connectivity index (χ2v) is 3.98. The van der Waals surface area contributed by atoms with Crippen LogP contribution in [0.2, 0.25) is 0 Å². The molecule has 82 valence electrons. The van der Waals surface area contributed by atoms with Crippen LogP contribution in [0.25, 0.3) is 0 Å². The third-order valence-corrected chi connectivity index (χ3v) is 2.63. The Kier molecular flexibility index (Phi) is 4.35. The van der Waals surface area contributed by atoms with Crippen molar-refractivity contribution in [3.05, 3.63) is 0 Å². The highest BCUT2D eigenvalue weighted by atomic mass is 16.3. The maximum Gasteiger partial charge on any atom is 0.239 e. The minimum Gasteiger partial charge on any atom is -0.391 e. The molecule has 14 heavy (non-hydrogen) atoms. The molecular formula is C10H20N2O2. The lowest BCUT2D eigenvalue weighted by Crippen LogP contribution is -2.49. The van der Waals surface area contributed by atoms with E-state index in [1.54, 1.807) is 4.90 Å². The highest BCUT2D eigenvalue weighted by molar-refractivity contribution is 5.81. The molecule has 4 heteroatoms. The van der Waals surface area contributed by atoms with E-state index >= 15 is 0 Å². The van der Waals surface area contributed by atoms with E-state index in [-0.39, 0.29) is 18.1 Å². The quantitative estimate of drug-likeness (QED) is 0.679. The number of aliphatic hydroxyl groups is 1. The maximum atomic E-state index is 11.7. The van der Waals surface area contributed by atoms with Gasteiger partial charge < -0.3 is 15.7 Å². The van der Waals surface area contributed by atoms with Crippen LogP contribution in [0.4, 0.5) is 0 Å². The first-order valence-electron chi connectivity index (χ1n) is 5.37. The lowest BCUT2D eigenvalue weighted by atomic mass is 10.1. The first-order valence-corrected chi connectivity index (χ1v) is 5.37. The van der Waals surface area contributed by atoms with Gasteiger partial charge in [0.25, 0.3) is 0 Å². The van der Waals surface area contributed by atoms with Crippen molar-refractivity contribution in [2.45, 2.75) is 44.8 Å². The fourth-order valence-electron chi connectivity index (χ4n) is 1.82. The predicted molar refractivity (Wildman–Crippen MR) is 54.7 cm³/mol.